The molecular weight excluding hydrogens is 222 g/mol. The third-order valence-electron chi connectivity index (χ3n) is 3.64. The zero-order valence-electron chi connectivity index (χ0n) is 12.0. The standard InChI is InChI=1S/C15H23N3/c1-11(15(2,3)4)18(5)13-6-7-14(17)12(10-13)8-9-16/h6-7,10-11H,8,17H2,1-5H3. The number of rotatable bonds is 3. The summed E-state index contributed by atoms with van der Waals surface area (Å²) in [5.74, 6) is 0. The zero-order valence-corrected chi connectivity index (χ0v) is 12.0. The molecule has 98 valence electrons. The molecule has 0 aliphatic carbocycles. The van der Waals surface area contributed by atoms with E-state index in [-0.39, 0.29) is 5.41 Å². The van der Waals surface area contributed by atoms with Gasteiger partial charge in [-0.05, 0) is 36.1 Å². The first-order valence-corrected chi connectivity index (χ1v) is 6.25. The Morgan fingerprint density at radius 1 is 1.39 bits per heavy atom. The Bertz CT molecular complexity index is 452. The van der Waals surface area contributed by atoms with Crippen molar-refractivity contribution in [1.29, 1.82) is 5.26 Å². The lowest BCUT2D eigenvalue weighted by molar-refractivity contribution is 0.330. The molecule has 0 fully saturated rings. The molecule has 0 saturated heterocycles. The fraction of sp³-hybridized carbons (Fsp3) is 0.533. The fourth-order valence-electron chi connectivity index (χ4n) is 1.85. The van der Waals surface area contributed by atoms with Crippen LogP contribution in [0.1, 0.15) is 33.3 Å². The van der Waals surface area contributed by atoms with Gasteiger partial charge in [0, 0.05) is 24.5 Å². The van der Waals surface area contributed by atoms with E-state index in [0.717, 1.165) is 11.3 Å². The Morgan fingerprint density at radius 2 is 2.00 bits per heavy atom. The van der Waals surface area contributed by atoms with E-state index in [2.05, 4.69) is 45.7 Å². The van der Waals surface area contributed by atoms with Gasteiger partial charge in [0.1, 0.15) is 0 Å². The first kappa shape index (κ1) is 14.4. The molecule has 0 radical (unpaired) electrons. The van der Waals surface area contributed by atoms with Gasteiger partial charge >= 0.3 is 0 Å². The van der Waals surface area contributed by atoms with Crippen LogP contribution < -0.4 is 10.6 Å². The highest BCUT2D eigenvalue weighted by Crippen LogP contribution is 2.29. The highest BCUT2D eigenvalue weighted by Gasteiger charge is 2.24. The normalized spacial score (nSPS) is 12.9. The molecule has 3 heteroatoms. The van der Waals surface area contributed by atoms with Gasteiger partial charge < -0.3 is 10.6 Å². The second kappa shape index (κ2) is 5.30. The van der Waals surface area contributed by atoms with Crippen molar-refractivity contribution in [2.75, 3.05) is 17.7 Å². The van der Waals surface area contributed by atoms with Crippen molar-refractivity contribution in [3.05, 3.63) is 23.8 Å². The average molecular weight is 245 g/mol. The van der Waals surface area contributed by atoms with Gasteiger partial charge in [-0.1, -0.05) is 20.8 Å². The van der Waals surface area contributed by atoms with Crippen LogP contribution in [0.25, 0.3) is 0 Å². The van der Waals surface area contributed by atoms with Gasteiger partial charge in [-0.3, -0.25) is 0 Å². The van der Waals surface area contributed by atoms with Crippen LogP contribution in [0.2, 0.25) is 0 Å². The van der Waals surface area contributed by atoms with Gasteiger partial charge in [0.15, 0.2) is 0 Å². The monoisotopic (exact) mass is 245 g/mol. The summed E-state index contributed by atoms with van der Waals surface area (Å²) in [6.07, 6.45) is 0.359. The minimum Gasteiger partial charge on any atom is -0.398 e. The second-order valence-electron chi connectivity index (χ2n) is 5.87. The van der Waals surface area contributed by atoms with Crippen LogP contribution >= 0.6 is 0 Å². The minimum absolute atomic E-state index is 0.200. The lowest BCUT2D eigenvalue weighted by Gasteiger charge is -2.37. The van der Waals surface area contributed by atoms with Crippen molar-refractivity contribution < 1.29 is 0 Å². The molecule has 2 N–H and O–H groups in total. The van der Waals surface area contributed by atoms with Gasteiger partial charge in [-0.2, -0.15) is 5.26 Å². The molecule has 18 heavy (non-hydrogen) atoms. The van der Waals surface area contributed by atoms with Crippen LogP contribution in [0, 0.1) is 16.7 Å². The summed E-state index contributed by atoms with van der Waals surface area (Å²) < 4.78 is 0. The largest absolute Gasteiger partial charge is 0.398 e. The van der Waals surface area contributed by atoms with Crippen LogP contribution in [0.15, 0.2) is 18.2 Å². The van der Waals surface area contributed by atoms with E-state index in [1.807, 2.05) is 18.2 Å². The van der Waals surface area contributed by atoms with Crippen molar-refractivity contribution in [2.45, 2.75) is 40.2 Å². The maximum atomic E-state index is 8.79. The molecule has 0 spiro atoms. The van der Waals surface area contributed by atoms with Gasteiger partial charge in [0.25, 0.3) is 0 Å². The topological polar surface area (TPSA) is 53.0 Å². The molecule has 0 bridgehead atoms. The molecule has 1 aromatic rings. The van der Waals surface area contributed by atoms with E-state index < -0.39 is 0 Å². The van der Waals surface area contributed by atoms with Crippen LogP contribution in [-0.2, 0) is 6.42 Å². The van der Waals surface area contributed by atoms with Crippen molar-refractivity contribution >= 4 is 11.4 Å². The van der Waals surface area contributed by atoms with E-state index in [9.17, 15) is 0 Å². The highest BCUT2D eigenvalue weighted by molar-refractivity contribution is 5.59. The fourth-order valence-corrected chi connectivity index (χ4v) is 1.85. The lowest BCUT2D eigenvalue weighted by atomic mass is 9.87. The maximum Gasteiger partial charge on any atom is 0.0670 e. The van der Waals surface area contributed by atoms with Crippen LogP contribution in [0.5, 0.6) is 0 Å². The zero-order chi connectivity index (χ0) is 13.9. The Kier molecular flexibility index (Phi) is 4.24. The molecule has 0 aromatic heterocycles. The Labute approximate surface area is 110 Å². The molecule has 1 aromatic carbocycles. The summed E-state index contributed by atoms with van der Waals surface area (Å²) in [5, 5.41) is 8.79. The molecule has 0 aliphatic heterocycles. The number of nitrogens with two attached hydrogens (primary N) is 1. The molecule has 0 aliphatic rings. The van der Waals surface area contributed by atoms with Crippen LogP contribution in [0.3, 0.4) is 0 Å². The van der Waals surface area contributed by atoms with Crippen molar-refractivity contribution in [2.24, 2.45) is 5.41 Å². The predicted molar refractivity (Wildman–Crippen MR) is 77.5 cm³/mol. The molecule has 0 amide bonds. The summed E-state index contributed by atoms with van der Waals surface area (Å²) in [7, 11) is 2.08. The molecule has 0 heterocycles. The molecule has 1 rings (SSSR count). The molecule has 1 atom stereocenters. The summed E-state index contributed by atoms with van der Waals surface area (Å²) >= 11 is 0. The number of nitriles is 1. The van der Waals surface area contributed by atoms with Gasteiger partial charge in [0.2, 0.25) is 0 Å². The molecule has 3 nitrogen and oxygen atoms in total. The summed E-state index contributed by atoms with van der Waals surface area (Å²) in [6, 6.07) is 8.46. The SMILES string of the molecule is CC(N(C)c1ccc(N)c(CC#N)c1)C(C)(C)C. The van der Waals surface area contributed by atoms with E-state index >= 15 is 0 Å². The lowest BCUT2D eigenvalue weighted by Crippen LogP contribution is -2.39. The Balaban J connectivity index is 3.04. The first-order valence-electron chi connectivity index (χ1n) is 6.25. The highest BCUT2D eigenvalue weighted by atomic mass is 15.1. The van der Waals surface area contributed by atoms with Crippen LogP contribution in [-0.4, -0.2) is 13.1 Å². The minimum atomic E-state index is 0.200. The quantitative estimate of drug-likeness (QED) is 0.832. The maximum absolute atomic E-state index is 8.79. The Morgan fingerprint density at radius 3 is 2.50 bits per heavy atom. The number of hydrogen-bond donors (Lipinski definition) is 1. The summed E-state index contributed by atoms with van der Waals surface area (Å²) in [4.78, 5) is 2.24. The number of benzene rings is 1. The van der Waals surface area contributed by atoms with Crippen molar-refractivity contribution in [3.8, 4) is 6.07 Å². The first-order chi connectivity index (χ1) is 8.27. The van der Waals surface area contributed by atoms with Gasteiger partial charge in [-0.15, -0.1) is 0 Å². The smallest absolute Gasteiger partial charge is 0.0670 e. The van der Waals surface area contributed by atoms with E-state index in [0.29, 0.717) is 18.2 Å². The van der Waals surface area contributed by atoms with E-state index in [1.54, 1.807) is 0 Å². The third kappa shape index (κ3) is 3.16. The predicted octanol–water partition coefficient (Wildman–Crippen LogP) is 3.21. The number of hydrogen-bond acceptors (Lipinski definition) is 3. The third-order valence-corrected chi connectivity index (χ3v) is 3.64. The van der Waals surface area contributed by atoms with E-state index in [4.69, 9.17) is 11.0 Å². The second-order valence-corrected chi connectivity index (χ2v) is 5.87. The molecule has 1 unspecified atom stereocenters. The molecule has 0 saturated carbocycles. The van der Waals surface area contributed by atoms with Crippen molar-refractivity contribution in [1.82, 2.24) is 0 Å². The molecular formula is C15H23N3. The Hall–Kier alpha value is -1.69. The average Bonchev–Trinajstić information content (AvgIpc) is 2.29. The summed E-state index contributed by atoms with van der Waals surface area (Å²) in [5.41, 5.74) is 8.77. The van der Waals surface area contributed by atoms with Gasteiger partial charge in [-0.25, -0.2) is 0 Å². The van der Waals surface area contributed by atoms with Gasteiger partial charge in [0.05, 0.1) is 12.5 Å². The number of anilines is 2. The number of nitrogen functional groups attached to an aromatic ring is 1. The number of nitrogens with zero attached hydrogens (tertiary/aromatic N) is 2. The van der Waals surface area contributed by atoms with E-state index in [1.165, 1.54) is 0 Å². The van der Waals surface area contributed by atoms with Crippen molar-refractivity contribution in [3.63, 3.8) is 0 Å². The van der Waals surface area contributed by atoms with Crippen LogP contribution in [0.4, 0.5) is 11.4 Å². The summed E-state index contributed by atoms with van der Waals surface area (Å²) in [6.45, 7) is 8.88.